The molecule has 0 saturated heterocycles. The van der Waals surface area contributed by atoms with E-state index in [1.54, 1.807) is 0 Å². The zero-order valence-corrected chi connectivity index (χ0v) is 11.6. The zero-order valence-electron chi connectivity index (χ0n) is 11.6. The van der Waals surface area contributed by atoms with E-state index < -0.39 is 0 Å². The SMILES string of the molecule is CC(C)C(C)CC1CCC1C(C)C(C)C. The molecule has 0 heteroatoms. The lowest BCUT2D eigenvalue weighted by Crippen LogP contribution is -2.35. The third-order valence-electron chi connectivity index (χ3n) is 5.02. The highest BCUT2D eigenvalue weighted by atomic mass is 14.4. The number of hydrogen-bond acceptors (Lipinski definition) is 0. The minimum atomic E-state index is 0.862. The summed E-state index contributed by atoms with van der Waals surface area (Å²) in [4.78, 5) is 0. The molecule has 15 heavy (non-hydrogen) atoms. The third-order valence-corrected chi connectivity index (χ3v) is 5.02. The van der Waals surface area contributed by atoms with Crippen LogP contribution in [0.4, 0.5) is 0 Å². The fourth-order valence-electron chi connectivity index (χ4n) is 2.82. The highest BCUT2D eigenvalue weighted by Crippen LogP contribution is 2.45. The molecular formula is C15H30. The van der Waals surface area contributed by atoms with E-state index in [1.165, 1.54) is 19.3 Å². The lowest BCUT2D eigenvalue weighted by Gasteiger charge is -2.44. The van der Waals surface area contributed by atoms with Crippen LogP contribution in [0.2, 0.25) is 0 Å². The van der Waals surface area contributed by atoms with E-state index in [1.807, 2.05) is 0 Å². The summed E-state index contributed by atoms with van der Waals surface area (Å²) < 4.78 is 0. The fraction of sp³-hybridized carbons (Fsp3) is 1.00. The van der Waals surface area contributed by atoms with Crippen LogP contribution in [0.15, 0.2) is 0 Å². The van der Waals surface area contributed by atoms with Crippen molar-refractivity contribution in [2.45, 2.75) is 60.8 Å². The Balaban J connectivity index is 2.38. The van der Waals surface area contributed by atoms with Crippen molar-refractivity contribution in [1.29, 1.82) is 0 Å². The van der Waals surface area contributed by atoms with Crippen LogP contribution in [0.1, 0.15) is 60.8 Å². The Labute approximate surface area is 96.8 Å². The van der Waals surface area contributed by atoms with Crippen LogP contribution in [-0.4, -0.2) is 0 Å². The first-order chi connectivity index (χ1) is 6.93. The van der Waals surface area contributed by atoms with Crippen molar-refractivity contribution in [3.63, 3.8) is 0 Å². The smallest absolute Gasteiger partial charge is 0.0357 e. The van der Waals surface area contributed by atoms with Gasteiger partial charge in [0, 0.05) is 0 Å². The summed E-state index contributed by atoms with van der Waals surface area (Å²) in [6.45, 7) is 14.4. The maximum atomic E-state index is 2.46. The van der Waals surface area contributed by atoms with Crippen molar-refractivity contribution in [3.8, 4) is 0 Å². The predicted molar refractivity (Wildman–Crippen MR) is 68.8 cm³/mol. The summed E-state index contributed by atoms with van der Waals surface area (Å²) in [5.41, 5.74) is 0. The van der Waals surface area contributed by atoms with Gasteiger partial charge in [-0.05, 0) is 54.8 Å². The molecule has 0 aliphatic heterocycles. The van der Waals surface area contributed by atoms with Gasteiger partial charge >= 0.3 is 0 Å². The van der Waals surface area contributed by atoms with Gasteiger partial charge in [-0.15, -0.1) is 0 Å². The van der Waals surface area contributed by atoms with E-state index >= 15 is 0 Å². The van der Waals surface area contributed by atoms with Gasteiger partial charge in [0.25, 0.3) is 0 Å². The first kappa shape index (κ1) is 13.1. The Hall–Kier alpha value is 0. The molecule has 4 unspecified atom stereocenters. The lowest BCUT2D eigenvalue weighted by molar-refractivity contribution is 0.0622. The van der Waals surface area contributed by atoms with Gasteiger partial charge in [0.1, 0.15) is 0 Å². The molecule has 0 amide bonds. The molecule has 1 fully saturated rings. The molecular weight excluding hydrogens is 180 g/mol. The molecule has 0 aromatic rings. The average Bonchev–Trinajstić information content (AvgIpc) is 2.11. The zero-order chi connectivity index (χ0) is 11.6. The van der Waals surface area contributed by atoms with Gasteiger partial charge in [-0.25, -0.2) is 0 Å². The van der Waals surface area contributed by atoms with Crippen molar-refractivity contribution in [3.05, 3.63) is 0 Å². The second-order valence-electron chi connectivity index (χ2n) is 6.56. The summed E-state index contributed by atoms with van der Waals surface area (Å²) in [6, 6.07) is 0. The maximum absolute atomic E-state index is 2.46. The van der Waals surface area contributed by atoms with E-state index in [9.17, 15) is 0 Å². The van der Waals surface area contributed by atoms with Crippen LogP contribution in [0.25, 0.3) is 0 Å². The Morgan fingerprint density at radius 1 is 0.867 bits per heavy atom. The highest BCUT2D eigenvalue weighted by molar-refractivity contribution is 4.86. The van der Waals surface area contributed by atoms with Crippen molar-refractivity contribution < 1.29 is 0 Å². The highest BCUT2D eigenvalue weighted by Gasteiger charge is 2.36. The van der Waals surface area contributed by atoms with Crippen LogP contribution in [0.5, 0.6) is 0 Å². The van der Waals surface area contributed by atoms with Crippen molar-refractivity contribution in [2.75, 3.05) is 0 Å². The van der Waals surface area contributed by atoms with Crippen LogP contribution < -0.4 is 0 Å². The Morgan fingerprint density at radius 2 is 1.47 bits per heavy atom. The second-order valence-corrected chi connectivity index (χ2v) is 6.56. The molecule has 1 aliphatic rings. The van der Waals surface area contributed by atoms with Gasteiger partial charge in [-0.2, -0.15) is 0 Å². The standard InChI is InChI=1S/C15H30/c1-10(2)12(5)9-14-7-8-15(14)13(6)11(3)4/h10-15H,7-9H2,1-6H3. The van der Waals surface area contributed by atoms with E-state index in [2.05, 4.69) is 41.5 Å². The second kappa shape index (κ2) is 5.37. The van der Waals surface area contributed by atoms with Crippen LogP contribution >= 0.6 is 0 Å². The Kier molecular flexibility index (Phi) is 4.67. The first-order valence-corrected chi connectivity index (χ1v) is 6.93. The van der Waals surface area contributed by atoms with Gasteiger partial charge < -0.3 is 0 Å². The molecule has 0 spiro atoms. The molecule has 90 valence electrons. The van der Waals surface area contributed by atoms with Gasteiger partial charge in [-0.3, -0.25) is 0 Å². The van der Waals surface area contributed by atoms with Crippen molar-refractivity contribution in [1.82, 2.24) is 0 Å². The average molecular weight is 210 g/mol. The van der Waals surface area contributed by atoms with Gasteiger partial charge in [0.15, 0.2) is 0 Å². The summed E-state index contributed by atoms with van der Waals surface area (Å²) in [6.07, 6.45) is 4.47. The topological polar surface area (TPSA) is 0 Å². The number of rotatable bonds is 5. The van der Waals surface area contributed by atoms with E-state index in [4.69, 9.17) is 0 Å². The molecule has 0 aromatic heterocycles. The monoisotopic (exact) mass is 210 g/mol. The summed E-state index contributed by atoms with van der Waals surface area (Å²) >= 11 is 0. The molecule has 0 aromatic carbocycles. The summed E-state index contributed by atoms with van der Waals surface area (Å²) in [5.74, 6) is 5.65. The molecule has 0 bridgehead atoms. The normalized spacial score (nSPS) is 30.4. The largest absolute Gasteiger partial charge is 0.0625 e. The molecule has 0 radical (unpaired) electrons. The van der Waals surface area contributed by atoms with Crippen LogP contribution in [-0.2, 0) is 0 Å². The predicted octanol–water partition coefficient (Wildman–Crippen LogP) is 4.99. The maximum Gasteiger partial charge on any atom is -0.0357 e. The third kappa shape index (κ3) is 3.23. The van der Waals surface area contributed by atoms with Crippen molar-refractivity contribution >= 4 is 0 Å². The molecule has 1 aliphatic carbocycles. The van der Waals surface area contributed by atoms with Crippen molar-refractivity contribution in [2.24, 2.45) is 35.5 Å². The lowest BCUT2D eigenvalue weighted by atomic mass is 9.62. The first-order valence-electron chi connectivity index (χ1n) is 6.93. The molecule has 1 saturated carbocycles. The van der Waals surface area contributed by atoms with Gasteiger partial charge in [0.05, 0.1) is 0 Å². The molecule has 0 nitrogen and oxygen atoms in total. The Morgan fingerprint density at radius 3 is 1.80 bits per heavy atom. The minimum Gasteiger partial charge on any atom is -0.0625 e. The minimum absolute atomic E-state index is 0.862. The van der Waals surface area contributed by atoms with E-state index in [-0.39, 0.29) is 0 Å². The number of hydrogen-bond donors (Lipinski definition) is 0. The quantitative estimate of drug-likeness (QED) is 0.600. The molecule has 0 N–H and O–H groups in total. The summed E-state index contributed by atoms with van der Waals surface area (Å²) in [5, 5.41) is 0. The summed E-state index contributed by atoms with van der Waals surface area (Å²) in [7, 11) is 0. The van der Waals surface area contributed by atoms with Crippen LogP contribution in [0.3, 0.4) is 0 Å². The molecule has 1 rings (SSSR count). The fourth-order valence-corrected chi connectivity index (χ4v) is 2.82. The van der Waals surface area contributed by atoms with Gasteiger partial charge in [0.2, 0.25) is 0 Å². The molecule has 0 heterocycles. The van der Waals surface area contributed by atoms with E-state index in [0.29, 0.717) is 0 Å². The molecule has 4 atom stereocenters. The van der Waals surface area contributed by atoms with Crippen LogP contribution in [0, 0.1) is 35.5 Å². The Bertz CT molecular complexity index is 180. The van der Waals surface area contributed by atoms with E-state index in [0.717, 1.165) is 35.5 Å². The van der Waals surface area contributed by atoms with Gasteiger partial charge in [-0.1, -0.05) is 41.5 Å².